The summed E-state index contributed by atoms with van der Waals surface area (Å²) < 4.78 is 5.53. The molecule has 1 aliphatic rings. The Labute approximate surface area is 129 Å². The summed E-state index contributed by atoms with van der Waals surface area (Å²) in [4.78, 5) is 4.66. The zero-order valence-corrected chi connectivity index (χ0v) is 14.8. The normalized spacial score (nSPS) is 21.1. The van der Waals surface area contributed by atoms with Crippen LogP contribution in [0.1, 0.15) is 44.5 Å². The molecule has 1 fully saturated rings. The maximum Gasteiger partial charge on any atom is 0.128 e. The van der Waals surface area contributed by atoms with Gasteiger partial charge in [-0.1, -0.05) is 27.7 Å². The van der Waals surface area contributed by atoms with Crippen LogP contribution < -0.4 is 10.1 Å². The lowest BCUT2D eigenvalue weighted by molar-refractivity contribution is 0.400. The highest BCUT2D eigenvalue weighted by Crippen LogP contribution is 2.69. The minimum atomic E-state index is 0.378. The molecule has 0 spiro atoms. The number of hydrogen-bond acceptors (Lipinski definition) is 3. The Morgan fingerprint density at radius 2 is 1.81 bits per heavy atom. The Balaban J connectivity index is 2.25. The summed E-state index contributed by atoms with van der Waals surface area (Å²) in [6, 6.07) is 0.452. The fourth-order valence-corrected chi connectivity index (χ4v) is 4.13. The van der Waals surface area contributed by atoms with Crippen molar-refractivity contribution in [2.45, 2.75) is 54.0 Å². The number of aromatic nitrogens is 1. The van der Waals surface area contributed by atoms with Crippen molar-refractivity contribution in [3.63, 3.8) is 0 Å². The van der Waals surface area contributed by atoms with Gasteiger partial charge in [0.2, 0.25) is 0 Å². The Morgan fingerprint density at radius 3 is 2.24 bits per heavy atom. The topological polar surface area (TPSA) is 34.2 Å². The van der Waals surface area contributed by atoms with Crippen LogP contribution in [0.25, 0.3) is 0 Å². The van der Waals surface area contributed by atoms with E-state index in [1.165, 1.54) is 5.56 Å². The van der Waals surface area contributed by atoms with Crippen LogP contribution in [-0.2, 0) is 6.42 Å². The van der Waals surface area contributed by atoms with Crippen LogP contribution in [0.5, 0.6) is 5.75 Å². The van der Waals surface area contributed by atoms with E-state index in [1.807, 2.05) is 13.1 Å². The van der Waals surface area contributed by atoms with E-state index in [1.54, 1.807) is 7.11 Å². The molecule has 0 saturated heterocycles. The van der Waals surface area contributed by atoms with Gasteiger partial charge in [-0.2, -0.15) is 0 Å². The first kappa shape index (κ1) is 16.3. The van der Waals surface area contributed by atoms with E-state index in [-0.39, 0.29) is 0 Å². The minimum Gasteiger partial charge on any atom is -0.496 e. The molecule has 0 aromatic carbocycles. The fraction of sp³-hybridized carbons (Fsp3) is 0.722. The lowest BCUT2D eigenvalue weighted by Crippen LogP contribution is -2.33. The number of rotatable bonds is 5. The van der Waals surface area contributed by atoms with E-state index in [4.69, 9.17) is 4.74 Å². The van der Waals surface area contributed by atoms with Gasteiger partial charge < -0.3 is 10.1 Å². The molecule has 1 heterocycles. The van der Waals surface area contributed by atoms with Gasteiger partial charge in [0.1, 0.15) is 5.75 Å². The van der Waals surface area contributed by atoms with Gasteiger partial charge in [-0.05, 0) is 37.6 Å². The van der Waals surface area contributed by atoms with Crippen molar-refractivity contribution in [1.29, 1.82) is 0 Å². The summed E-state index contributed by atoms with van der Waals surface area (Å²) in [5.74, 6) is 1.65. The van der Waals surface area contributed by atoms with Crippen molar-refractivity contribution in [3.05, 3.63) is 23.0 Å². The average molecular weight is 290 g/mol. The van der Waals surface area contributed by atoms with Crippen molar-refractivity contribution in [2.24, 2.45) is 16.7 Å². The maximum absolute atomic E-state index is 5.53. The van der Waals surface area contributed by atoms with Crippen molar-refractivity contribution < 1.29 is 4.74 Å². The predicted octanol–water partition coefficient (Wildman–Crippen LogP) is 3.52. The Morgan fingerprint density at radius 1 is 1.24 bits per heavy atom. The second-order valence-corrected chi connectivity index (χ2v) is 7.57. The molecule has 118 valence electrons. The number of aryl methyl sites for hydroxylation is 1. The van der Waals surface area contributed by atoms with Crippen molar-refractivity contribution in [3.8, 4) is 5.75 Å². The molecular weight excluding hydrogens is 260 g/mol. The van der Waals surface area contributed by atoms with Gasteiger partial charge in [-0.15, -0.1) is 0 Å². The van der Waals surface area contributed by atoms with E-state index >= 15 is 0 Å². The number of pyridine rings is 1. The fourth-order valence-electron chi connectivity index (χ4n) is 4.13. The van der Waals surface area contributed by atoms with Crippen LogP contribution in [0.3, 0.4) is 0 Å². The highest BCUT2D eigenvalue weighted by atomic mass is 16.5. The van der Waals surface area contributed by atoms with Crippen molar-refractivity contribution in [2.75, 3.05) is 14.2 Å². The van der Waals surface area contributed by atoms with E-state index in [0.717, 1.165) is 23.4 Å². The number of methoxy groups -OCH3 is 1. The standard InChI is InChI=1S/C18H30N2O/c1-11-10-20-13(12(2)15(11)21-8)9-14(19-7)16-17(3,4)18(16,5)6/h10,14,16,19H,9H2,1-8H3. The Hall–Kier alpha value is -1.09. The molecule has 0 bridgehead atoms. The van der Waals surface area contributed by atoms with Gasteiger partial charge in [0.05, 0.1) is 7.11 Å². The zero-order valence-electron chi connectivity index (χ0n) is 14.8. The Bertz CT molecular complexity index is 520. The minimum absolute atomic E-state index is 0.378. The van der Waals surface area contributed by atoms with Gasteiger partial charge in [0.25, 0.3) is 0 Å². The van der Waals surface area contributed by atoms with Crippen LogP contribution >= 0.6 is 0 Å². The molecule has 1 unspecified atom stereocenters. The van der Waals surface area contributed by atoms with Crippen LogP contribution in [0, 0.1) is 30.6 Å². The summed E-state index contributed by atoms with van der Waals surface area (Å²) in [5, 5.41) is 3.52. The molecular formula is C18H30N2O. The molecule has 1 saturated carbocycles. The molecule has 3 heteroatoms. The maximum atomic E-state index is 5.53. The molecule has 3 nitrogen and oxygen atoms in total. The van der Waals surface area contributed by atoms with Crippen LogP contribution in [0.4, 0.5) is 0 Å². The highest BCUT2D eigenvalue weighted by molar-refractivity contribution is 5.41. The first-order chi connectivity index (χ1) is 9.68. The highest BCUT2D eigenvalue weighted by Gasteiger charge is 2.66. The van der Waals surface area contributed by atoms with Gasteiger partial charge >= 0.3 is 0 Å². The first-order valence-corrected chi connectivity index (χ1v) is 7.84. The monoisotopic (exact) mass is 290 g/mol. The predicted molar refractivity (Wildman–Crippen MR) is 87.9 cm³/mol. The smallest absolute Gasteiger partial charge is 0.128 e. The summed E-state index contributed by atoms with van der Waals surface area (Å²) in [6.45, 7) is 13.7. The molecule has 1 aromatic rings. The molecule has 1 atom stereocenters. The number of likely N-dealkylation sites (N-methyl/N-ethyl adjacent to an activating group) is 1. The molecule has 21 heavy (non-hydrogen) atoms. The second kappa shape index (κ2) is 5.28. The molecule has 1 aromatic heterocycles. The van der Waals surface area contributed by atoms with E-state index in [0.29, 0.717) is 22.8 Å². The molecule has 0 aliphatic heterocycles. The SMILES string of the molecule is CNC(Cc1ncc(C)c(OC)c1C)C1C(C)(C)C1(C)C. The Kier molecular flexibility index (Phi) is 4.09. The second-order valence-electron chi connectivity index (χ2n) is 7.57. The number of hydrogen-bond donors (Lipinski definition) is 1. The lowest BCUT2D eigenvalue weighted by atomic mass is 9.97. The summed E-state index contributed by atoms with van der Waals surface area (Å²) in [6.07, 6.45) is 2.88. The summed E-state index contributed by atoms with van der Waals surface area (Å²) >= 11 is 0. The van der Waals surface area contributed by atoms with Crippen LogP contribution in [0.2, 0.25) is 0 Å². The average Bonchev–Trinajstić information content (AvgIpc) is 2.81. The third-order valence-electron chi connectivity index (χ3n) is 6.07. The van der Waals surface area contributed by atoms with Gasteiger partial charge in [-0.25, -0.2) is 0 Å². The molecule has 0 amide bonds. The number of nitrogens with one attached hydrogen (secondary N) is 1. The van der Waals surface area contributed by atoms with E-state index in [2.05, 4.69) is 52.0 Å². The summed E-state index contributed by atoms with van der Waals surface area (Å²) in [7, 11) is 3.80. The molecule has 1 aliphatic carbocycles. The zero-order chi connectivity index (χ0) is 16.0. The molecule has 2 rings (SSSR count). The number of ether oxygens (including phenoxy) is 1. The van der Waals surface area contributed by atoms with E-state index in [9.17, 15) is 0 Å². The van der Waals surface area contributed by atoms with Crippen LogP contribution in [0.15, 0.2) is 6.20 Å². The number of nitrogens with zero attached hydrogens (tertiary/aromatic N) is 1. The third-order valence-corrected chi connectivity index (χ3v) is 6.07. The largest absolute Gasteiger partial charge is 0.496 e. The molecule has 1 N–H and O–H groups in total. The lowest BCUT2D eigenvalue weighted by Gasteiger charge is -2.20. The third kappa shape index (κ3) is 2.46. The van der Waals surface area contributed by atoms with E-state index < -0.39 is 0 Å². The van der Waals surface area contributed by atoms with Gasteiger partial charge in [-0.3, -0.25) is 4.98 Å². The van der Waals surface area contributed by atoms with Crippen LogP contribution in [-0.4, -0.2) is 25.2 Å². The van der Waals surface area contributed by atoms with Crippen molar-refractivity contribution >= 4 is 0 Å². The quantitative estimate of drug-likeness (QED) is 0.901. The first-order valence-electron chi connectivity index (χ1n) is 7.84. The van der Waals surface area contributed by atoms with Gasteiger partial charge in [0.15, 0.2) is 0 Å². The summed E-state index contributed by atoms with van der Waals surface area (Å²) in [5.41, 5.74) is 4.18. The van der Waals surface area contributed by atoms with Gasteiger partial charge in [0, 0.05) is 35.5 Å². The molecule has 0 radical (unpaired) electrons. The van der Waals surface area contributed by atoms with Crippen molar-refractivity contribution in [1.82, 2.24) is 10.3 Å².